The third kappa shape index (κ3) is 3.34. The molecule has 25 heavy (non-hydrogen) atoms. The lowest BCUT2D eigenvalue weighted by atomic mass is 9.75. The van der Waals surface area contributed by atoms with Crippen LogP contribution >= 0.6 is 11.6 Å². The van der Waals surface area contributed by atoms with Gasteiger partial charge in [-0.15, -0.1) is 0 Å². The Morgan fingerprint density at radius 2 is 2.00 bits per heavy atom. The van der Waals surface area contributed by atoms with Crippen LogP contribution in [-0.4, -0.2) is 28.5 Å². The summed E-state index contributed by atoms with van der Waals surface area (Å²) in [5, 5.41) is 0.528. The maximum atomic E-state index is 12.6. The third-order valence-corrected chi connectivity index (χ3v) is 6.06. The van der Waals surface area contributed by atoms with E-state index in [0.717, 1.165) is 25.4 Å². The summed E-state index contributed by atoms with van der Waals surface area (Å²) in [5.74, 6) is 1.18. The highest BCUT2D eigenvalue weighted by Crippen LogP contribution is 2.36. The fraction of sp³-hybridized carbons (Fsp3) is 0.579. The maximum absolute atomic E-state index is 12.6. The number of nitrogens with zero attached hydrogens (tertiary/aromatic N) is 2. The van der Waals surface area contributed by atoms with Gasteiger partial charge in [-0.2, -0.15) is 0 Å². The average Bonchev–Trinajstić information content (AvgIpc) is 2.93. The molecule has 2 fully saturated rings. The highest BCUT2D eigenvalue weighted by atomic mass is 35.5. The minimum atomic E-state index is -0.434. The van der Waals surface area contributed by atoms with Crippen molar-refractivity contribution in [2.24, 2.45) is 11.8 Å². The summed E-state index contributed by atoms with van der Waals surface area (Å²) in [6.07, 6.45) is 6.67. The Bertz CT molecular complexity index is 841. The molecule has 2 atom stereocenters. The number of piperidine rings is 1. The zero-order valence-electron chi connectivity index (χ0n) is 14.2. The molecule has 5 nitrogen and oxygen atoms in total. The number of fused-ring (bicyclic) bond motifs is 2. The summed E-state index contributed by atoms with van der Waals surface area (Å²) in [4.78, 5) is 26.7. The van der Waals surface area contributed by atoms with E-state index in [4.69, 9.17) is 16.0 Å². The molecule has 2 aromatic rings. The second-order valence-corrected chi connectivity index (χ2v) is 7.75. The largest absolute Gasteiger partial charge is 0.419 e. The van der Waals surface area contributed by atoms with Crippen LogP contribution in [0, 0.1) is 11.8 Å². The molecule has 4 rings (SSSR count). The molecule has 6 heteroatoms. The van der Waals surface area contributed by atoms with Crippen molar-refractivity contribution in [3.05, 3.63) is 33.8 Å². The Balaban J connectivity index is 1.42. The molecule has 0 unspecified atom stereocenters. The van der Waals surface area contributed by atoms with Gasteiger partial charge in [0.15, 0.2) is 5.58 Å². The zero-order valence-corrected chi connectivity index (χ0v) is 15.0. The van der Waals surface area contributed by atoms with Crippen LogP contribution in [-0.2, 0) is 11.3 Å². The minimum Gasteiger partial charge on any atom is -0.408 e. The fourth-order valence-corrected chi connectivity index (χ4v) is 4.61. The van der Waals surface area contributed by atoms with E-state index in [1.807, 2.05) is 4.90 Å². The van der Waals surface area contributed by atoms with E-state index in [-0.39, 0.29) is 5.91 Å². The van der Waals surface area contributed by atoms with Gasteiger partial charge in [0.25, 0.3) is 0 Å². The Hall–Kier alpha value is -1.75. The fourth-order valence-electron chi connectivity index (χ4n) is 4.44. The molecular weight excluding hydrogens is 340 g/mol. The minimum absolute atomic E-state index is 0.138. The van der Waals surface area contributed by atoms with Crippen molar-refractivity contribution in [3.63, 3.8) is 0 Å². The smallest absolute Gasteiger partial charge is 0.408 e. The number of rotatable bonds is 3. The topological polar surface area (TPSA) is 55.5 Å². The number of likely N-dealkylation sites (tertiary alicyclic amines) is 1. The van der Waals surface area contributed by atoms with Crippen molar-refractivity contribution < 1.29 is 9.21 Å². The molecule has 2 heterocycles. The van der Waals surface area contributed by atoms with E-state index < -0.39 is 5.76 Å². The third-order valence-electron chi connectivity index (χ3n) is 5.82. The lowest BCUT2D eigenvalue weighted by Crippen LogP contribution is -2.45. The van der Waals surface area contributed by atoms with Gasteiger partial charge < -0.3 is 9.32 Å². The van der Waals surface area contributed by atoms with Crippen molar-refractivity contribution in [2.75, 3.05) is 13.1 Å². The van der Waals surface area contributed by atoms with E-state index in [1.165, 1.54) is 30.3 Å². The summed E-state index contributed by atoms with van der Waals surface area (Å²) >= 11 is 5.93. The summed E-state index contributed by atoms with van der Waals surface area (Å²) in [6, 6.07) is 5.12. The number of aryl methyl sites for hydroxylation is 1. The molecule has 1 aliphatic heterocycles. The molecule has 1 aromatic heterocycles. The van der Waals surface area contributed by atoms with E-state index in [9.17, 15) is 9.59 Å². The van der Waals surface area contributed by atoms with Gasteiger partial charge in [-0.3, -0.25) is 9.36 Å². The number of oxazole rings is 1. The molecule has 134 valence electrons. The number of aromatic nitrogens is 1. The molecule has 1 aliphatic carbocycles. The van der Waals surface area contributed by atoms with E-state index in [1.54, 1.807) is 18.2 Å². The van der Waals surface area contributed by atoms with Gasteiger partial charge in [0, 0.05) is 37.1 Å². The van der Waals surface area contributed by atoms with Crippen LogP contribution < -0.4 is 5.76 Å². The zero-order chi connectivity index (χ0) is 17.4. The van der Waals surface area contributed by atoms with Crippen molar-refractivity contribution in [1.82, 2.24) is 9.47 Å². The Morgan fingerprint density at radius 3 is 2.84 bits per heavy atom. The van der Waals surface area contributed by atoms with Crippen molar-refractivity contribution >= 4 is 28.6 Å². The molecule has 0 spiro atoms. The standard InChI is InChI=1S/C19H23ClN2O3/c20-15-5-6-16-17(11-15)25-19(24)22(16)10-8-18(23)21-9-7-13-3-1-2-4-14(13)12-21/h5-6,11,13-14H,1-4,7-10,12H2/t13-,14+/m0/s1. The predicted molar refractivity (Wildman–Crippen MR) is 96.7 cm³/mol. The molecule has 0 bridgehead atoms. The molecule has 2 aliphatic rings. The summed E-state index contributed by atoms with van der Waals surface area (Å²) in [5.41, 5.74) is 1.15. The van der Waals surface area contributed by atoms with Gasteiger partial charge in [-0.1, -0.05) is 30.9 Å². The Kier molecular flexibility index (Phi) is 4.59. The van der Waals surface area contributed by atoms with Gasteiger partial charge in [0.1, 0.15) is 0 Å². The number of benzene rings is 1. The molecular formula is C19H23ClN2O3. The summed E-state index contributed by atoms with van der Waals surface area (Å²) in [6.45, 7) is 2.09. The number of hydrogen-bond donors (Lipinski definition) is 0. The molecule has 1 aromatic carbocycles. The van der Waals surface area contributed by atoms with Gasteiger partial charge in [-0.05, 0) is 36.8 Å². The van der Waals surface area contributed by atoms with Crippen LogP contribution in [0.15, 0.2) is 27.4 Å². The van der Waals surface area contributed by atoms with Gasteiger partial charge >= 0.3 is 5.76 Å². The lowest BCUT2D eigenvalue weighted by molar-refractivity contribution is -0.134. The predicted octanol–water partition coefficient (Wildman–Crippen LogP) is 3.68. The first-order valence-electron chi connectivity index (χ1n) is 9.18. The van der Waals surface area contributed by atoms with Crippen LogP contribution in [0.2, 0.25) is 5.02 Å². The summed E-state index contributed by atoms with van der Waals surface area (Å²) in [7, 11) is 0. The first kappa shape index (κ1) is 16.7. The molecule has 1 saturated heterocycles. The first-order chi connectivity index (χ1) is 12.1. The normalized spacial score (nSPS) is 23.6. The van der Waals surface area contributed by atoms with Crippen LogP contribution in [0.25, 0.3) is 11.1 Å². The van der Waals surface area contributed by atoms with Gasteiger partial charge in [0.05, 0.1) is 5.52 Å². The van der Waals surface area contributed by atoms with E-state index in [2.05, 4.69) is 0 Å². The maximum Gasteiger partial charge on any atom is 0.419 e. The van der Waals surface area contributed by atoms with E-state index >= 15 is 0 Å². The van der Waals surface area contributed by atoms with Crippen LogP contribution in [0.5, 0.6) is 0 Å². The number of carbonyl (C=O) groups is 1. The SMILES string of the molecule is O=C(CCn1c(=O)oc2cc(Cl)ccc21)N1CC[C@@H]2CCCC[C@@H]2C1. The first-order valence-corrected chi connectivity index (χ1v) is 9.56. The molecule has 0 radical (unpaired) electrons. The Labute approximate surface area is 151 Å². The van der Waals surface area contributed by atoms with Crippen LogP contribution in [0.4, 0.5) is 0 Å². The number of carbonyl (C=O) groups excluding carboxylic acids is 1. The molecule has 1 saturated carbocycles. The quantitative estimate of drug-likeness (QED) is 0.837. The van der Waals surface area contributed by atoms with Crippen LogP contribution in [0.1, 0.15) is 38.5 Å². The second kappa shape index (κ2) is 6.87. The molecule has 1 amide bonds. The number of amides is 1. The average molecular weight is 363 g/mol. The number of hydrogen-bond acceptors (Lipinski definition) is 3. The van der Waals surface area contributed by atoms with Crippen molar-refractivity contribution in [2.45, 2.75) is 45.1 Å². The summed E-state index contributed by atoms with van der Waals surface area (Å²) < 4.78 is 6.75. The van der Waals surface area contributed by atoms with Crippen molar-refractivity contribution in [1.29, 1.82) is 0 Å². The highest BCUT2D eigenvalue weighted by Gasteiger charge is 2.32. The lowest BCUT2D eigenvalue weighted by Gasteiger charge is -2.41. The number of halogens is 1. The van der Waals surface area contributed by atoms with Crippen molar-refractivity contribution in [3.8, 4) is 0 Å². The monoisotopic (exact) mass is 362 g/mol. The van der Waals surface area contributed by atoms with Gasteiger partial charge in [-0.25, -0.2) is 4.79 Å². The van der Waals surface area contributed by atoms with E-state index in [0.29, 0.717) is 35.0 Å². The van der Waals surface area contributed by atoms with Crippen LogP contribution in [0.3, 0.4) is 0 Å². The second-order valence-electron chi connectivity index (χ2n) is 7.31. The Morgan fingerprint density at radius 1 is 1.20 bits per heavy atom. The highest BCUT2D eigenvalue weighted by molar-refractivity contribution is 6.31. The molecule has 0 N–H and O–H groups in total. The van der Waals surface area contributed by atoms with Gasteiger partial charge in [0.2, 0.25) is 5.91 Å².